The number of aromatic nitrogens is 2. The highest BCUT2D eigenvalue weighted by atomic mass is 19.4. The van der Waals surface area contributed by atoms with Gasteiger partial charge in [-0.05, 0) is 7.05 Å². The maximum atomic E-state index is 11.7. The van der Waals surface area contributed by atoms with Crippen LogP contribution in [0.25, 0.3) is 0 Å². The van der Waals surface area contributed by atoms with Gasteiger partial charge in [0.2, 0.25) is 0 Å². The number of hydrogen-bond donors (Lipinski definition) is 1. The van der Waals surface area contributed by atoms with Gasteiger partial charge in [-0.1, -0.05) is 5.16 Å². The summed E-state index contributed by atoms with van der Waals surface area (Å²) in [6.07, 6.45) is -4.34. The van der Waals surface area contributed by atoms with Crippen LogP contribution in [0.4, 0.5) is 13.2 Å². The fraction of sp³-hybridized carbons (Fsp3) is 0.714. The van der Waals surface area contributed by atoms with Crippen LogP contribution in [-0.4, -0.2) is 30.0 Å². The van der Waals surface area contributed by atoms with Crippen LogP contribution in [0, 0.1) is 0 Å². The molecule has 0 saturated carbocycles. The van der Waals surface area contributed by atoms with Crippen LogP contribution in [0.1, 0.15) is 11.7 Å². The Morgan fingerprint density at radius 1 is 1.47 bits per heavy atom. The number of alkyl halides is 3. The highest BCUT2D eigenvalue weighted by Crippen LogP contribution is 2.15. The Bertz CT molecular complexity index is 300. The van der Waals surface area contributed by atoms with E-state index in [1.54, 1.807) is 7.05 Å². The smallest absolute Gasteiger partial charge is 0.362 e. The third-order valence-electron chi connectivity index (χ3n) is 1.34. The monoisotopic (exact) mass is 225 g/mol. The minimum atomic E-state index is -4.34. The normalized spacial score (nSPS) is 12.0. The van der Waals surface area contributed by atoms with Gasteiger partial charge in [0, 0.05) is 0 Å². The van der Waals surface area contributed by atoms with Crippen molar-refractivity contribution in [3.63, 3.8) is 0 Å². The molecule has 1 aromatic rings. The van der Waals surface area contributed by atoms with E-state index >= 15 is 0 Å². The van der Waals surface area contributed by atoms with Crippen molar-refractivity contribution in [3.8, 4) is 0 Å². The molecule has 0 atom stereocenters. The quantitative estimate of drug-likeness (QED) is 0.805. The van der Waals surface area contributed by atoms with E-state index in [0.29, 0.717) is 12.4 Å². The molecule has 0 saturated heterocycles. The van der Waals surface area contributed by atoms with Crippen molar-refractivity contribution in [1.82, 2.24) is 15.5 Å². The molecule has 15 heavy (non-hydrogen) atoms. The van der Waals surface area contributed by atoms with Crippen LogP contribution in [0.3, 0.4) is 0 Å². The predicted molar refractivity (Wildman–Crippen MR) is 42.8 cm³/mol. The van der Waals surface area contributed by atoms with Gasteiger partial charge in [-0.2, -0.15) is 18.2 Å². The van der Waals surface area contributed by atoms with E-state index in [4.69, 9.17) is 0 Å². The van der Waals surface area contributed by atoms with Crippen LogP contribution in [0.5, 0.6) is 0 Å². The van der Waals surface area contributed by atoms with Gasteiger partial charge in [0.1, 0.15) is 13.2 Å². The molecule has 0 bridgehead atoms. The molecule has 0 radical (unpaired) electrons. The fourth-order valence-corrected chi connectivity index (χ4v) is 0.833. The van der Waals surface area contributed by atoms with E-state index in [-0.39, 0.29) is 12.5 Å². The van der Waals surface area contributed by atoms with Gasteiger partial charge in [-0.15, -0.1) is 0 Å². The molecule has 0 aliphatic rings. The minimum Gasteiger partial charge on any atom is -0.362 e. The molecule has 8 heteroatoms. The summed E-state index contributed by atoms with van der Waals surface area (Å²) in [5.74, 6) is 0.410. The molecule has 1 heterocycles. The van der Waals surface area contributed by atoms with Gasteiger partial charge in [-0.25, -0.2) is 0 Å². The van der Waals surface area contributed by atoms with Crippen molar-refractivity contribution in [2.24, 2.45) is 0 Å². The zero-order chi connectivity index (χ0) is 11.3. The Kier molecular flexibility index (Phi) is 4.04. The van der Waals surface area contributed by atoms with E-state index in [2.05, 4.69) is 24.7 Å². The Morgan fingerprint density at radius 3 is 2.80 bits per heavy atom. The number of hydrogen-bond acceptors (Lipinski definition) is 5. The van der Waals surface area contributed by atoms with Gasteiger partial charge in [0.05, 0.1) is 6.54 Å². The van der Waals surface area contributed by atoms with Crippen molar-refractivity contribution in [2.45, 2.75) is 19.3 Å². The Labute approximate surface area is 83.6 Å². The lowest BCUT2D eigenvalue weighted by atomic mass is 10.6. The van der Waals surface area contributed by atoms with Gasteiger partial charge < -0.3 is 14.6 Å². The molecular weight excluding hydrogens is 215 g/mol. The topological polar surface area (TPSA) is 60.2 Å². The number of halogens is 3. The molecule has 0 aliphatic carbocycles. The van der Waals surface area contributed by atoms with Crippen LogP contribution in [0.2, 0.25) is 0 Å². The highest BCUT2D eigenvalue weighted by molar-refractivity contribution is 4.83. The molecule has 1 aromatic heterocycles. The van der Waals surface area contributed by atoms with E-state index in [9.17, 15) is 13.2 Å². The molecule has 5 nitrogen and oxygen atoms in total. The van der Waals surface area contributed by atoms with Crippen LogP contribution >= 0.6 is 0 Å². The first-order valence-electron chi connectivity index (χ1n) is 4.12. The van der Waals surface area contributed by atoms with Crippen LogP contribution in [-0.2, 0) is 17.9 Å². The van der Waals surface area contributed by atoms with E-state index in [1.807, 2.05) is 0 Å². The summed E-state index contributed by atoms with van der Waals surface area (Å²) < 4.78 is 44.0. The fourth-order valence-electron chi connectivity index (χ4n) is 0.833. The summed E-state index contributed by atoms with van der Waals surface area (Å²) in [4.78, 5) is 3.79. The highest BCUT2D eigenvalue weighted by Gasteiger charge is 2.27. The largest absolute Gasteiger partial charge is 0.411 e. The molecule has 0 fully saturated rings. The van der Waals surface area contributed by atoms with Crippen molar-refractivity contribution in [1.29, 1.82) is 0 Å². The lowest BCUT2D eigenvalue weighted by molar-refractivity contribution is -0.178. The first-order valence-corrected chi connectivity index (χ1v) is 4.12. The summed E-state index contributed by atoms with van der Waals surface area (Å²) in [5, 5.41) is 6.28. The molecule has 0 aromatic carbocycles. The molecule has 0 unspecified atom stereocenters. The second-order valence-corrected chi connectivity index (χ2v) is 2.74. The summed E-state index contributed by atoms with van der Waals surface area (Å²) in [6.45, 7) is -1.27. The van der Waals surface area contributed by atoms with Crippen molar-refractivity contribution in [2.75, 3.05) is 13.7 Å². The van der Waals surface area contributed by atoms with E-state index < -0.39 is 12.8 Å². The first-order chi connectivity index (χ1) is 7.01. The second-order valence-electron chi connectivity index (χ2n) is 2.74. The number of ether oxygens (including phenoxy) is 1. The van der Waals surface area contributed by atoms with Crippen molar-refractivity contribution < 1.29 is 22.4 Å². The average Bonchev–Trinajstić information content (AvgIpc) is 2.51. The zero-order valence-electron chi connectivity index (χ0n) is 7.97. The number of nitrogens with one attached hydrogen (secondary N) is 1. The van der Waals surface area contributed by atoms with E-state index in [1.165, 1.54) is 0 Å². The lowest BCUT2D eigenvalue weighted by Gasteiger charge is -2.04. The molecule has 1 N–H and O–H groups in total. The summed E-state index contributed by atoms with van der Waals surface area (Å²) in [7, 11) is 1.69. The average molecular weight is 225 g/mol. The molecule has 0 amide bonds. The van der Waals surface area contributed by atoms with Gasteiger partial charge in [0.15, 0.2) is 5.82 Å². The van der Waals surface area contributed by atoms with Crippen LogP contribution < -0.4 is 5.32 Å². The second kappa shape index (κ2) is 5.08. The maximum Gasteiger partial charge on any atom is 0.411 e. The predicted octanol–water partition coefficient (Wildman–Crippen LogP) is 0.868. The van der Waals surface area contributed by atoms with Crippen molar-refractivity contribution in [3.05, 3.63) is 11.7 Å². The third-order valence-corrected chi connectivity index (χ3v) is 1.34. The standard InChI is InChI=1S/C7H10F3N3O2/c1-11-2-5-12-6(15-13-5)3-14-4-7(8,9)10/h11H,2-4H2,1H3. The maximum absolute atomic E-state index is 11.7. The SMILES string of the molecule is CNCc1noc(COCC(F)(F)F)n1. The van der Waals surface area contributed by atoms with Gasteiger partial charge in [0.25, 0.3) is 5.89 Å². The third kappa shape index (κ3) is 4.75. The number of rotatable bonds is 5. The Balaban J connectivity index is 2.31. The minimum absolute atomic E-state index is 0.0319. The zero-order valence-corrected chi connectivity index (χ0v) is 7.97. The van der Waals surface area contributed by atoms with Gasteiger partial charge in [-0.3, -0.25) is 0 Å². The molecule has 1 rings (SSSR count). The summed E-state index contributed by atoms with van der Waals surface area (Å²) >= 11 is 0. The molecule has 0 spiro atoms. The van der Waals surface area contributed by atoms with Gasteiger partial charge >= 0.3 is 6.18 Å². The van der Waals surface area contributed by atoms with Crippen LogP contribution in [0.15, 0.2) is 4.52 Å². The number of nitrogens with zero attached hydrogens (tertiary/aromatic N) is 2. The Hall–Kier alpha value is -1.15. The first kappa shape index (κ1) is 11.9. The molecule has 86 valence electrons. The molecular formula is C7H10F3N3O2. The molecule has 0 aliphatic heterocycles. The van der Waals surface area contributed by atoms with E-state index in [0.717, 1.165) is 0 Å². The summed E-state index contributed by atoms with van der Waals surface area (Å²) in [6, 6.07) is 0. The summed E-state index contributed by atoms with van der Waals surface area (Å²) in [5.41, 5.74) is 0. The van der Waals surface area contributed by atoms with Crippen molar-refractivity contribution >= 4 is 0 Å². The Morgan fingerprint density at radius 2 is 2.20 bits per heavy atom. The lowest BCUT2D eigenvalue weighted by Crippen LogP contribution is -2.16.